The summed E-state index contributed by atoms with van der Waals surface area (Å²) in [7, 11) is 0. The van der Waals surface area contributed by atoms with Crippen molar-refractivity contribution in [1.29, 1.82) is 0 Å². The lowest BCUT2D eigenvalue weighted by molar-refractivity contribution is 0.273. The van der Waals surface area contributed by atoms with Crippen LogP contribution >= 0.6 is 0 Å². The molecule has 1 aromatic carbocycles. The molecular weight excluding hydrogens is 322 g/mol. The molecule has 1 fully saturated rings. The molecule has 0 bridgehead atoms. The van der Waals surface area contributed by atoms with E-state index in [9.17, 15) is 0 Å². The van der Waals surface area contributed by atoms with E-state index in [1.807, 2.05) is 0 Å². The largest absolute Gasteiger partial charge is 0.358 e. The summed E-state index contributed by atoms with van der Waals surface area (Å²) in [5.41, 5.74) is 3.89. The van der Waals surface area contributed by atoms with Crippen LogP contribution in [0.3, 0.4) is 0 Å². The lowest BCUT2D eigenvalue weighted by Crippen LogP contribution is -2.40. The third-order valence-electron chi connectivity index (χ3n) is 5.40. The Labute approximate surface area is 157 Å². The minimum absolute atomic E-state index is 0.603. The van der Waals surface area contributed by atoms with E-state index in [-0.39, 0.29) is 0 Å². The van der Waals surface area contributed by atoms with E-state index in [1.165, 1.54) is 41.5 Å². The normalized spacial score (nSPS) is 18.6. The molecule has 3 rings (SSSR count). The molecule has 142 valence electrons. The molecule has 0 spiro atoms. The topological polar surface area (TPSA) is 55.5 Å². The van der Waals surface area contributed by atoms with Crippen molar-refractivity contribution in [3.8, 4) is 0 Å². The van der Waals surface area contributed by atoms with Crippen LogP contribution in [-0.4, -0.2) is 54.6 Å². The van der Waals surface area contributed by atoms with Gasteiger partial charge in [0.2, 0.25) is 0 Å². The Morgan fingerprint density at radius 2 is 2.12 bits per heavy atom. The van der Waals surface area contributed by atoms with Crippen molar-refractivity contribution in [1.82, 2.24) is 20.5 Å². The van der Waals surface area contributed by atoms with Crippen molar-refractivity contribution in [3.63, 3.8) is 0 Å². The van der Waals surface area contributed by atoms with Crippen molar-refractivity contribution in [2.24, 2.45) is 4.99 Å². The van der Waals surface area contributed by atoms with Gasteiger partial charge in [-0.1, -0.05) is 25.1 Å². The first-order chi connectivity index (χ1) is 12.7. The van der Waals surface area contributed by atoms with Gasteiger partial charge in [-0.3, -0.25) is 9.89 Å². The quantitative estimate of drug-likeness (QED) is 0.528. The number of likely N-dealkylation sites (tertiary alicyclic amines) is 1. The van der Waals surface area contributed by atoms with Gasteiger partial charge >= 0.3 is 0 Å². The number of aliphatic imine (C=N–C) groups is 1. The number of aryl methyl sites for hydroxylation is 1. The molecule has 0 radical (unpaired) electrons. The predicted molar refractivity (Wildman–Crippen MR) is 111 cm³/mol. The van der Waals surface area contributed by atoms with Crippen LogP contribution in [0, 0.1) is 6.92 Å². The summed E-state index contributed by atoms with van der Waals surface area (Å²) in [5, 5.41) is 8.23. The summed E-state index contributed by atoms with van der Waals surface area (Å²) >= 11 is 0. The van der Waals surface area contributed by atoms with E-state index in [0.717, 1.165) is 38.6 Å². The van der Waals surface area contributed by atoms with Crippen LogP contribution in [0.25, 0.3) is 10.9 Å². The van der Waals surface area contributed by atoms with Crippen LogP contribution < -0.4 is 10.6 Å². The number of fused-ring (bicyclic) bond motifs is 1. The average molecular weight is 356 g/mol. The molecule has 1 aromatic heterocycles. The second-order valence-corrected chi connectivity index (χ2v) is 7.10. The molecule has 26 heavy (non-hydrogen) atoms. The number of para-hydroxylation sites is 1. The zero-order valence-electron chi connectivity index (χ0n) is 16.4. The van der Waals surface area contributed by atoms with Crippen LogP contribution in [-0.2, 0) is 6.42 Å². The van der Waals surface area contributed by atoms with Gasteiger partial charge in [-0.25, -0.2) is 0 Å². The van der Waals surface area contributed by atoms with Crippen LogP contribution in [0.15, 0.2) is 29.3 Å². The molecule has 2 aromatic rings. The summed E-state index contributed by atoms with van der Waals surface area (Å²) in [6.45, 7) is 11.5. The van der Waals surface area contributed by atoms with Crippen LogP contribution in [0.4, 0.5) is 0 Å². The Morgan fingerprint density at radius 1 is 1.27 bits per heavy atom. The lowest BCUT2D eigenvalue weighted by atomic mass is 10.1. The van der Waals surface area contributed by atoms with Gasteiger partial charge in [0.15, 0.2) is 5.96 Å². The molecule has 0 amide bonds. The van der Waals surface area contributed by atoms with E-state index in [2.05, 4.69) is 65.6 Å². The standard InChI is InChI=1S/C21H33N5/c1-4-22-21(24-15-17-9-8-14-26(17)5-2)23-13-12-18-16(3)25-20-11-7-6-10-19(18)20/h6-7,10-11,17,25H,4-5,8-9,12-15H2,1-3H3,(H2,22,23,24). The number of aromatic nitrogens is 1. The maximum Gasteiger partial charge on any atom is 0.191 e. The summed E-state index contributed by atoms with van der Waals surface area (Å²) in [5.74, 6) is 0.938. The number of hydrogen-bond acceptors (Lipinski definition) is 2. The highest BCUT2D eigenvalue weighted by atomic mass is 15.2. The third-order valence-corrected chi connectivity index (χ3v) is 5.40. The highest BCUT2D eigenvalue weighted by molar-refractivity contribution is 5.84. The highest BCUT2D eigenvalue weighted by Crippen LogP contribution is 2.22. The van der Waals surface area contributed by atoms with Gasteiger partial charge in [-0.05, 0) is 57.8 Å². The molecule has 1 aliphatic rings. The predicted octanol–water partition coefficient (Wildman–Crippen LogP) is 3.06. The minimum Gasteiger partial charge on any atom is -0.358 e. The van der Waals surface area contributed by atoms with Crippen molar-refractivity contribution < 1.29 is 0 Å². The summed E-state index contributed by atoms with van der Waals surface area (Å²) in [4.78, 5) is 10.9. The second-order valence-electron chi connectivity index (χ2n) is 7.10. The van der Waals surface area contributed by atoms with Crippen molar-refractivity contribution in [3.05, 3.63) is 35.5 Å². The number of hydrogen-bond donors (Lipinski definition) is 3. The van der Waals surface area contributed by atoms with Gasteiger partial charge in [0.25, 0.3) is 0 Å². The fourth-order valence-corrected chi connectivity index (χ4v) is 4.02. The summed E-state index contributed by atoms with van der Waals surface area (Å²) in [6, 6.07) is 9.14. The molecule has 3 N–H and O–H groups in total. The minimum atomic E-state index is 0.603. The lowest BCUT2D eigenvalue weighted by Gasteiger charge is -2.21. The number of nitrogens with one attached hydrogen (secondary N) is 3. The van der Waals surface area contributed by atoms with Crippen molar-refractivity contribution in [2.45, 2.75) is 46.1 Å². The number of likely N-dealkylation sites (N-methyl/N-ethyl adjacent to an activating group) is 1. The van der Waals surface area contributed by atoms with Gasteiger partial charge in [0, 0.05) is 35.7 Å². The van der Waals surface area contributed by atoms with Gasteiger partial charge in [0.05, 0.1) is 6.54 Å². The molecule has 1 aliphatic heterocycles. The first-order valence-corrected chi connectivity index (χ1v) is 10.0. The first-order valence-electron chi connectivity index (χ1n) is 10.0. The smallest absolute Gasteiger partial charge is 0.191 e. The van der Waals surface area contributed by atoms with Crippen LogP contribution in [0.5, 0.6) is 0 Å². The van der Waals surface area contributed by atoms with Gasteiger partial charge in [0.1, 0.15) is 0 Å². The van der Waals surface area contributed by atoms with Crippen molar-refractivity contribution in [2.75, 3.05) is 32.7 Å². The Balaban J connectivity index is 1.58. The Kier molecular flexibility index (Phi) is 6.56. The SMILES string of the molecule is CCNC(=NCC1CCCN1CC)NCCc1c(C)[nH]c2ccccc12. The molecule has 0 saturated carbocycles. The number of nitrogens with zero attached hydrogens (tertiary/aromatic N) is 2. The number of aromatic amines is 1. The third kappa shape index (κ3) is 4.39. The van der Waals surface area contributed by atoms with E-state index in [0.29, 0.717) is 6.04 Å². The maximum absolute atomic E-state index is 4.84. The molecule has 5 heteroatoms. The molecular formula is C21H33N5. The van der Waals surface area contributed by atoms with E-state index >= 15 is 0 Å². The van der Waals surface area contributed by atoms with Gasteiger partial charge < -0.3 is 15.6 Å². The molecule has 0 aliphatic carbocycles. The van der Waals surface area contributed by atoms with Crippen molar-refractivity contribution >= 4 is 16.9 Å². The van der Waals surface area contributed by atoms with Crippen LogP contribution in [0.2, 0.25) is 0 Å². The fraction of sp³-hybridized carbons (Fsp3) is 0.571. The Morgan fingerprint density at radius 3 is 2.92 bits per heavy atom. The molecule has 5 nitrogen and oxygen atoms in total. The molecule has 2 heterocycles. The molecule has 1 atom stereocenters. The fourth-order valence-electron chi connectivity index (χ4n) is 4.02. The molecule has 1 saturated heterocycles. The number of benzene rings is 1. The van der Waals surface area contributed by atoms with E-state index < -0.39 is 0 Å². The number of H-pyrrole nitrogens is 1. The maximum atomic E-state index is 4.84. The Hall–Kier alpha value is -2.01. The Bertz CT molecular complexity index is 733. The van der Waals surface area contributed by atoms with E-state index in [1.54, 1.807) is 0 Å². The zero-order valence-corrected chi connectivity index (χ0v) is 16.4. The number of rotatable bonds is 7. The summed E-state index contributed by atoms with van der Waals surface area (Å²) in [6.07, 6.45) is 3.56. The first kappa shape index (κ1) is 18.8. The summed E-state index contributed by atoms with van der Waals surface area (Å²) < 4.78 is 0. The highest BCUT2D eigenvalue weighted by Gasteiger charge is 2.22. The molecule has 1 unspecified atom stereocenters. The van der Waals surface area contributed by atoms with Gasteiger partial charge in [-0.15, -0.1) is 0 Å². The van der Waals surface area contributed by atoms with E-state index in [4.69, 9.17) is 4.99 Å². The average Bonchev–Trinajstić information content (AvgIpc) is 3.23. The number of guanidine groups is 1. The monoisotopic (exact) mass is 355 g/mol. The second kappa shape index (κ2) is 9.08. The zero-order chi connectivity index (χ0) is 18.4. The van der Waals surface area contributed by atoms with Gasteiger partial charge in [-0.2, -0.15) is 0 Å². The van der Waals surface area contributed by atoms with Crippen LogP contribution in [0.1, 0.15) is 37.9 Å².